The summed E-state index contributed by atoms with van der Waals surface area (Å²) in [5.74, 6) is 2.04. The van der Waals surface area contributed by atoms with Gasteiger partial charge in [0.15, 0.2) is 0 Å². The molecule has 0 bridgehead atoms. The number of benzene rings is 3. The quantitative estimate of drug-likeness (QED) is 0.471. The maximum Gasteiger partial charge on any atom is 0.126 e. The molecule has 0 spiro atoms. The Bertz CT molecular complexity index is 1080. The van der Waals surface area contributed by atoms with E-state index in [1.54, 1.807) is 13.2 Å². The Kier molecular flexibility index (Phi) is 6.49. The summed E-state index contributed by atoms with van der Waals surface area (Å²) in [4.78, 5) is 2.45. The monoisotopic (exact) mass is 447 g/mol. The number of nitrogens with zero attached hydrogens (tertiary/aromatic N) is 1. The van der Waals surface area contributed by atoms with Gasteiger partial charge in [-0.2, -0.15) is 0 Å². The van der Waals surface area contributed by atoms with Gasteiger partial charge in [-0.25, -0.2) is 4.39 Å². The van der Waals surface area contributed by atoms with Crippen LogP contribution in [0, 0.1) is 5.82 Å². The molecule has 2 aliphatic rings. The minimum Gasteiger partial charge on any atom is -0.497 e. The van der Waals surface area contributed by atoms with Gasteiger partial charge in [0, 0.05) is 30.0 Å². The van der Waals surface area contributed by atoms with Crippen molar-refractivity contribution < 1.29 is 18.6 Å². The molecule has 33 heavy (non-hydrogen) atoms. The number of fused-ring (bicyclic) bond motifs is 1. The maximum absolute atomic E-state index is 14.8. The van der Waals surface area contributed by atoms with Gasteiger partial charge >= 0.3 is 0 Å². The summed E-state index contributed by atoms with van der Waals surface area (Å²) < 4.78 is 32.3. The molecule has 0 radical (unpaired) electrons. The second-order valence-corrected chi connectivity index (χ2v) is 8.79. The summed E-state index contributed by atoms with van der Waals surface area (Å²) in [6, 6.07) is 21.1. The highest BCUT2D eigenvalue weighted by Crippen LogP contribution is 2.47. The Morgan fingerprint density at radius 2 is 1.70 bits per heavy atom. The SMILES string of the molecule is COc1ccc2c(c1)OCC(c1ccccc1F)C2c1ccc(OCCN2CCCC2)cc1. The maximum atomic E-state index is 14.8. The van der Waals surface area contributed by atoms with Crippen LogP contribution in [0.25, 0.3) is 0 Å². The zero-order chi connectivity index (χ0) is 22.6. The summed E-state index contributed by atoms with van der Waals surface area (Å²) >= 11 is 0. The van der Waals surface area contributed by atoms with Crippen molar-refractivity contribution >= 4 is 0 Å². The van der Waals surface area contributed by atoms with E-state index in [9.17, 15) is 4.39 Å². The number of hydrogen-bond donors (Lipinski definition) is 0. The predicted octanol–water partition coefficient (Wildman–Crippen LogP) is 5.62. The lowest BCUT2D eigenvalue weighted by Crippen LogP contribution is -2.26. The summed E-state index contributed by atoms with van der Waals surface area (Å²) in [6.45, 7) is 4.41. The Balaban J connectivity index is 1.41. The molecule has 172 valence electrons. The van der Waals surface area contributed by atoms with Crippen molar-refractivity contribution in [1.29, 1.82) is 0 Å². The molecule has 0 saturated carbocycles. The molecule has 2 unspecified atom stereocenters. The van der Waals surface area contributed by atoms with Crippen molar-refractivity contribution in [2.45, 2.75) is 24.7 Å². The molecule has 0 aromatic heterocycles. The smallest absolute Gasteiger partial charge is 0.126 e. The molecule has 4 nitrogen and oxygen atoms in total. The molecule has 0 amide bonds. The Hall–Kier alpha value is -3.05. The molecule has 0 aliphatic carbocycles. The predicted molar refractivity (Wildman–Crippen MR) is 127 cm³/mol. The fraction of sp³-hybridized carbons (Fsp3) is 0.357. The number of ether oxygens (including phenoxy) is 3. The first-order valence-electron chi connectivity index (χ1n) is 11.7. The molecule has 3 aromatic carbocycles. The zero-order valence-corrected chi connectivity index (χ0v) is 19.0. The molecule has 1 saturated heterocycles. The molecular weight excluding hydrogens is 417 g/mol. The fourth-order valence-electron chi connectivity index (χ4n) is 5.04. The second kappa shape index (κ2) is 9.84. The van der Waals surface area contributed by atoms with E-state index >= 15 is 0 Å². The van der Waals surface area contributed by atoms with Crippen molar-refractivity contribution in [1.82, 2.24) is 4.90 Å². The van der Waals surface area contributed by atoms with Crippen LogP contribution < -0.4 is 14.2 Å². The summed E-state index contributed by atoms with van der Waals surface area (Å²) in [5.41, 5.74) is 2.83. The largest absolute Gasteiger partial charge is 0.497 e. The molecule has 0 N–H and O–H groups in total. The fourth-order valence-corrected chi connectivity index (χ4v) is 5.04. The van der Waals surface area contributed by atoms with Crippen LogP contribution in [0.3, 0.4) is 0 Å². The van der Waals surface area contributed by atoms with Crippen LogP contribution in [0.5, 0.6) is 17.2 Å². The van der Waals surface area contributed by atoms with Crippen LogP contribution in [-0.4, -0.2) is 44.9 Å². The van der Waals surface area contributed by atoms with Gasteiger partial charge in [-0.15, -0.1) is 0 Å². The van der Waals surface area contributed by atoms with Gasteiger partial charge in [0.05, 0.1) is 13.7 Å². The Morgan fingerprint density at radius 1 is 0.939 bits per heavy atom. The van der Waals surface area contributed by atoms with Gasteiger partial charge in [0.25, 0.3) is 0 Å². The second-order valence-electron chi connectivity index (χ2n) is 8.79. The van der Waals surface area contributed by atoms with Gasteiger partial charge < -0.3 is 14.2 Å². The lowest BCUT2D eigenvalue weighted by Gasteiger charge is -2.35. The third kappa shape index (κ3) is 4.69. The van der Waals surface area contributed by atoms with Crippen LogP contribution in [0.15, 0.2) is 66.7 Å². The standard InChI is InChI=1S/C28H30FNO3/c1-31-22-12-13-24-27(18-22)33-19-25(23-6-2-3-7-26(23)29)28(24)20-8-10-21(11-9-20)32-17-16-30-14-4-5-15-30/h2-3,6-13,18,25,28H,4-5,14-17,19H2,1H3. The van der Waals surface area contributed by atoms with Crippen LogP contribution in [-0.2, 0) is 0 Å². The molecule has 5 heteroatoms. The summed E-state index contributed by atoms with van der Waals surface area (Å²) in [7, 11) is 1.65. The van der Waals surface area contributed by atoms with Crippen LogP contribution >= 0.6 is 0 Å². The normalized spacial score (nSPS) is 20.2. The van der Waals surface area contributed by atoms with E-state index < -0.39 is 0 Å². The minimum atomic E-state index is -0.199. The van der Waals surface area contributed by atoms with Crippen LogP contribution in [0.2, 0.25) is 0 Å². The number of hydrogen-bond acceptors (Lipinski definition) is 4. The van der Waals surface area contributed by atoms with Crippen molar-refractivity contribution in [3.63, 3.8) is 0 Å². The molecule has 2 heterocycles. The van der Waals surface area contributed by atoms with Crippen molar-refractivity contribution in [2.24, 2.45) is 0 Å². The van der Waals surface area contributed by atoms with E-state index in [-0.39, 0.29) is 17.7 Å². The lowest BCUT2D eigenvalue weighted by atomic mass is 9.75. The Morgan fingerprint density at radius 3 is 2.45 bits per heavy atom. The first kappa shape index (κ1) is 21.8. The molecule has 5 rings (SSSR count). The number of likely N-dealkylation sites (tertiary alicyclic amines) is 1. The van der Waals surface area contributed by atoms with E-state index in [4.69, 9.17) is 14.2 Å². The molecule has 3 aromatic rings. The number of halogens is 1. The van der Waals surface area contributed by atoms with E-state index in [0.717, 1.165) is 34.9 Å². The summed E-state index contributed by atoms with van der Waals surface area (Å²) in [6.07, 6.45) is 2.58. The van der Waals surface area contributed by atoms with Crippen molar-refractivity contribution in [3.8, 4) is 17.2 Å². The minimum absolute atomic E-state index is 0.0322. The highest BCUT2D eigenvalue weighted by Gasteiger charge is 2.35. The first-order valence-corrected chi connectivity index (χ1v) is 11.7. The van der Waals surface area contributed by atoms with Gasteiger partial charge in [-0.05, 0) is 61.3 Å². The van der Waals surface area contributed by atoms with E-state index in [0.29, 0.717) is 18.8 Å². The highest BCUT2D eigenvalue weighted by molar-refractivity contribution is 5.51. The number of rotatable bonds is 7. The highest BCUT2D eigenvalue weighted by atomic mass is 19.1. The van der Waals surface area contributed by atoms with E-state index in [2.05, 4.69) is 17.0 Å². The van der Waals surface area contributed by atoms with Crippen LogP contribution in [0.4, 0.5) is 4.39 Å². The van der Waals surface area contributed by atoms with E-state index in [1.165, 1.54) is 32.0 Å². The molecule has 1 fully saturated rings. The van der Waals surface area contributed by atoms with Crippen molar-refractivity contribution in [2.75, 3.05) is 40.0 Å². The third-order valence-corrected chi connectivity index (χ3v) is 6.80. The van der Waals surface area contributed by atoms with Gasteiger partial charge in [-0.1, -0.05) is 36.4 Å². The van der Waals surface area contributed by atoms with E-state index in [1.807, 2.05) is 42.5 Å². The third-order valence-electron chi connectivity index (χ3n) is 6.80. The molecule has 2 aliphatic heterocycles. The number of methoxy groups -OCH3 is 1. The zero-order valence-electron chi connectivity index (χ0n) is 19.0. The average Bonchev–Trinajstić information content (AvgIpc) is 3.37. The van der Waals surface area contributed by atoms with Crippen molar-refractivity contribution in [3.05, 3.63) is 89.2 Å². The first-order chi connectivity index (χ1) is 16.2. The van der Waals surface area contributed by atoms with Gasteiger partial charge in [0.1, 0.15) is 29.7 Å². The van der Waals surface area contributed by atoms with Gasteiger partial charge in [-0.3, -0.25) is 4.90 Å². The van der Waals surface area contributed by atoms with Crippen LogP contribution in [0.1, 0.15) is 41.4 Å². The lowest BCUT2D eigenvalue weighted by molar-refractivity contribution is 0.237. The molecule has 2 atom stereocenters. The average molecular weight is 448 g/mol. The molecular formula is C28H30FNO3. The van der Waals surface area contributed by atoms with Gasteiger partial charge in [0.2, 0.25) is 0 Å². The topological polar surface area (TPSA) is 30.9 Å². The summed E-state index contributed by atoms with van der Waals surface area (Å²) in [5, 5.41) is 0. The Labute approximate surface area is 194 Å².